The number of carbonyl (C=O) groups excluding carboxylic acids is 2. The standard InChI is InChI=1S/C21H23NO2/c1-14-3-7-16(8-4-14)11-18(23)12-19-20(13-22-21(19)24)17-9-5-15(2)6-10-17/h3-10,19-20H,11-13H2,1-2H3,(H,22,24)/t19?,20-/m0/s1. The third-order valence-corrected chi connectivity index (χ3v) is 4.79. The minimum Gasteiger partial charge on any atom is -0.355 e. The highest BCUT2D eigenvalue weighted by molar-refractivity contribution is 5.90. The molecule has 1 amide bonds. The van der Waals surface area contributed by atoms with E-state index >= 15 is 0 Å². The number of hydrogen-bond donors (Lipinski definition) is 1. The van der Waals surface area contributed by atoms with Crippen molar-refractivity contribution in [3.63, 3.8) is 0 Å². The lowest BCUT2D eigenvalue weighted by Gasteiger charge is -2.17. The Morgan fingerprint density at radius 1 is 1.00 bits per heavy atom. The monoisotopic (exact) mass is 321 g/mol. The zero-order valence-corrected chi connectivity index (χ0v) is 14.2. The average molecular weight is 321 g/mol. The zero-order valence-electron chi connectivity index (χ0n) is 14.2. The predicted octanol–water partition coefficient (Wildman–Crippen LogP) is 3.33. The van der Waals surface area contributed by atoms with Crippen molar-refractivity contribution in [2.75, 3.05) is 6.54 Å². The van der Waals surface area contributed by atoms with E-state index in [0.29, 0.717) is 19.4 Å². The van der Waals surface area contributed by atoms with Gasteiger partial charge in [-0.05, 0) is 25.0 Å². The molecule has 1 unspecified atom stereocenters. The highest BCUT2D eigenvalue weighted by Crippen LogP contribution is 2.32. The van der Waals surface area contributed by atoms with Gasteiger partial charge in [-0.3, -0.25) is 9.59 Å². The molecule has 2 aromatic carbocycles. The van der Waals surface area contributed by atoms with Gasteiger partial charge in [0.1, 0.15) is 5.78 Å². The van der Waals surface area contributed by atoms with Crippen LogP contribution in [0.2, 0.25) is 0 Å². The first kappa shape index (κ1) is 16.4. The molecular weight excluding hydrogens is 298 g/mol. The summed E-state index contributed by atoms with van der Waals surface area (Å²) in [6.07, 6.45) is 0.697. The minimum atomic E-state index is -0.259. The fourth-order valence-electron chi connectivity index (χ4n) is 3.32. The zero-order chi connectivity index (χ0) is 17.1. The van der Waals surface area contributed by atoms with Gasteiger partial charge >= 0.3 is 0 Å². The van der Waals surface area contributed by atoms with Gasteiger partial charge in [0.25, 0.3) is 0 Å². The molecule has 1 fully saturated rings. The Hall–Kier alpha value is -2.42. The number of aryl methyl sites for hydroxylation is 2. The molecule has 2 atom stereocenters. The first-order chi connectivity index (χ1) is 11.5. The molecule has 2 aromatic rings. The van der Waals surface area contributed by atoms with Gasteiger partial charge in [0.05, 0.1) is 5.92 Å². The molecule has 1 aliphatic rings. The first-order valence-corrected chi connectivity index (χ1v) is 8.44. The molecule has 3 nitrogen and oxygen atoms in total. The SMILES string of the molecule is Cc1ccc(CC(=O)CC2C(=O)NC[C@H]2c2ccc(C)cc2)cc1. The highest BCUT2D eigenvalue weighted by Gasteiger charge is 2.36. The lowest BCUT2D eigenvalue weighted by molar-refractivity contribution is -0.127. The maximum atomic E-state index is 12.4. The summed E-state index contributed by atoms with van der Waals surface area (Å²) in [7, 11) is 0. The molecule has 1 aliphatic heterocycles. The van der Waals surface area contributed by atoms with Crippen LogP contribution in [0.15, 0.2) is 48.5 Å². The summed E-state index contributed by atoms with van der Waals surface area (Å²) in [4.78, 5) is 24.6. The van der Waals surface area contributed by atoms with Crippen molar-refractivity contribution in [1.82, 2.24) is 5.32 Å². The van der Waals surface area contributed by atoms with E-state index in [0.717, 1.165) is 11.1 Å². The van der Waals surface area contributed by atoms with Crippen LogP contribution in [-0.4, -0.2) is 18.2 Å². The molecule has 1 heterocycles. The second-order valence-electron chi connectivity index (χ2n) is 6.77. The summed E-state index contributed by atoms with van der Waals surface area (Å²) in [5.74, 6) is -0.0541. The Bertz CT molecular complexity index is 731. The summed E-state index contributed by atoms with van der Waals surface area (Å²) in [6.45, 7) is 4.69. The molecule has 0 radical (unpaired) electrons. The van der Waals surface area contributed by atoms with Crippen LogP contribution < -0.4 is 5.32 Å². The van der Waals surface area contributed by atoms with Crippen LogP contribution >= 0.6 is 0 Å². The van der Waals surface area contributed by atoms with Crippen molar-refractivity contribution >= 4 is 11.7 Å². The maximum absolute atomic E-state index is 12.4. The molecule has 0 aliphatic carbocycles. The summed E-state index contributed by atoms with van der Waals surface area (Å²) >= 11 is 0. The van der Waals surface area contributed by atoms with Crippen molar-refractivity contribution in [3.8, 4) is 0 Å². The molecule has 0 bridgehead atoms. The van der Waals surface area contributed by atoms with Crippen LogP contribution in [0.4, 0.5) is 0 Å². The first-order valence-electron chi connectivity index (χ1n) is 8.44. The van der Waals surface area contributed by atoms with E-state index in [2.05, 4.69) is 29.6 Å². The Morgan fingerprint density at radius 2 is 1.58 bits per heavy atom. The number of Topliss-reactive ketones (excluding diaryl/α,β-unsaturated/α-hetero) is 1. The van der Waals surface area contributed by atoms with E-state index in [1.165, 1.54) is 11.1 Å². The number of amides is 1. The molecular formula is C21H23NO2. The van der Waals surface area contributed by atoms with Crippen molar-refractivity contribution in [3.05, 3.63) is 70.8 Å². The van der Waals surface area contributed by atoms with Gasteiger partial charge in [-0.15, -0.1) is 0 Å². The predicted molar refractivity (Wildman–Crippen MR) is 94.9 cm³/mol. The van der Waals surface area contributed by atoms with Crippen LogP contribution in [0.25, 0.3) is 0 Å². The number of benzene rings is 2. The molecule has 124 valence electrons. The maximum Gasteiger partial charge on any atom is 0.224 e. The Labute approximate surface area is 143 Å². The van der Waals surface area contributed by atoms with Gasteiger partial charge in [-0.2, -0.15) is 0 Å². The quantitative estimate of drug-likeness (QED) is 0.918. The van der Waals surface area contributed by atoms with Crippen LogP contribution in [0.1, 0.15) is 34.6 Å². The number of ketones is 1. The van der Waals surface area contributed by atoms with Crippen LogP contribution in [0.5, 0.6) is 0 Å². The lowest BCUT2D eigenvalue weighted by Crippen LogP contribution is -2.23. The molecule has 1 saturated heterocycles. The average Bonchev–Trinajstić information content (AvgIpc) is 2.91. The molecule has 3 heteroatoms. The fraction of sp³-hybridized carbons (Fsp3) is 0.333. The minimum absolute atomic E-state index is 0.00201. The van der Waals surface area contributed by atoms with Crippen LogP contribution in [-0.2, 0) is 16.0 Å². The van der Waals surface area contributed by atoms with Crippen molar-refractivity contribution in [1.29, 1.82) is 0 Å². The van der Waals surface area contributed by atoms with E-state index in [1.807, 2.05) is 38.1 Å². The van der Waals surface area contributed by atoms with E-state index < -0.39 is 0 Å². The number of hydrogen-bond acceptors (Lipinski definition) is 2. The summed E-state index contributed by atoms with van der Waals surface area (Å²) < 4.78 is 0. The van der Waals surface area contributed by atoms with Gasteiger partial charge in [0.2, 0.25) is 5.91 Å². The summed E-state index contributed by atoms with van der Waals surface area (Å²) in [5.41, 5.74) is 4.52. The van der Waals surface area contributed by atoms with Gasteiger partial charge in [0, 0.05) is 25.3 Å². The largest absolute Gasteiger partial charge is 0.355 e. The Kier molecular flexibility index (Phi) is 4.79. The van der Waals surface area contributed by atoms with Gasteiger partial charge in [-0.25, -0.2) is 0 Å². The Morgan fingerprint density at radius 3 is 2.21 bits per heavy atom. The summed E-state index contributed by atoms with van der Waals surface area (Å²) in [5, 5.41) is 2.92. The molecule has 1 N–H and O–H groups in total. The number of rotatable bonds is 5. The normalized spacial score (nSPS) is 20.0. The second-order valence-corrected chi connectivity index (χ2v) is 6.77. The van der Waals surface area contributed by atoms with Gasteiger partial charge in [-0.1, -0.05) is 59.7 Å². The molecule has 0 aromatic heterocycles. The molecule has 0 spiro atoms. The lowest BCUT2D eigenvalue weighted by atomic mass is 9.84. The van der Waals surface area contributed by atoms with Crippen molar-refractivity contribution in [2.24, 2.45) is 5.92 Å². The highest BCUT2D eigenvalue weighted by atomic mass is 16.2. The topological polar surface area (TPSA) is 46.2 Å². The van der Waals surface area contributed by atoms with Crippen LogP contribution in [0, 0.1) is 19.8 Å². The van der Waals surface area contributed by atoms with Gasteiger partial charge in [0.15, 0.2) is 0 Å². The smallest absolute Gasteiger partial charge is 0.224 e. The summed E-state index contributed by atoms with van der Waals surface area (Å²) in [6, 6.07) is 16.3. The van der Waals surface area contributed by atoms with E-state index in [-0.39, 0.29) is 23.5 Å². The third-order valence-electron chi connectivity index (χ3n) is 4.79. The van der Waals surface area contributed by atoms with Crippen molar-refractivity contribution < 1.29 is 9.59 Å². The van der Waals surface area contributed by atoms with E-state index in [1.54, 1.807) is 0 Å². The van der Waals surface area contributed by atoms with Crippen molar-refractivity contribution in [2.45, 2.75) is 32.6 Å². The molecule has 0 saturated carbocycles. The third kappa shape index (κ3) is 3.73. The second kappa shape index (κ2) is 7.00. The number of nitrogens with one attached hydrogen (secondary N) is 1. The van der Waals surface area contributed by atoms with E-state index in [9.17, 15) is 9.59 Å². The Balaban J connectivity index is 1.69. The van der Waals surface area contributed by atoms with Crippen LogP contribution in [0.3, 0.4) is 0 Å². The molecule has 3 rings (SSSR count). The number of carbonyl (C=O) groups is 2. The fourth-order valence-corrected chi connectivity index (χ4v) is 3.32. The molecule has 24 heavy (non-hydrogen) atoms. The van der Waals surface area contributed by atoms with E-state index in [4.69, 9.17) is 0 Å². The van der Waals surface area contributed by atoms with Gasteiger partial charge < -0.3 is 5.32 Å².